The third-order valence-corrected chi connectivity index (χ3v) is 7.11. The van der Waals surface area contributed by atoms with Crippen LogP contribution in [-0.4, -0.2) is 9.97 Å². The van der Waals surface area contributed by atoms with Gasteiger partial charge >= 0.3 is 0 Å². The van der Waals surface area contributed by atoms with Gasteiger partial charge < -0.3 is 16.0 Å². The van der Waals surface area contributed by atoms with Crippen LogP contribution < -0.4 is 11.1 Å². The second-order valence-corrected chi connectivity index (χ2v) is 11.9. The molecule has 0 aliphatic carbocycles. The highest BCUT2D eigenvalue weighted by atomic mass is 32.1. The molecule has 0 aliphatic heterocycles. The van der Waals surface area contributed by atoms with Crippen molar-refractivity contribution >= 4 is 28.3 Å². The molecule has 4 aromatic rings. The Morgan fingerprint density at radius 3 is 2.59 bits per heavy atom. The Balaban J connectivity index is 1.63. The van der Waals surface area contributed by atoms with Crippen LogP contribution in [0.4, 0.5) is 20.2 Å². The minimum Gasteiger partial charge on any atom is -0.398 e. The lowest BCUT2D eigenvalue weighted by atomic mass is 9.91. The molecule has 4 N–H and O–H groups in total. The molecule has 0 spiro atoms. The summed E-state index contributed by atoms with van der Waals surface area (Å²) < 4.78 is 28.9. The highest BCUT2D eigenvalue weighted by Gasteiger charge is 2.17. The molecule has 39 heavy (non-hydrogen) atoms. The van der Waals surface area contributed by atoms with Crippen molar-refractivity contribution in [3.8, 4) is 11.1 Å². The van der Waals surface area contributed by atoms with Crippen LogP contribution in [0.3, 0.4) is 0 Å². The van der Waals surface area contributed by atoms with E-state index in [9.17, 15) is 4.39 Å². The zero-order valence-corrected chi connectivity index (χ0v) is 23.6. The van der Waals surface area contributed by atoms with Crippen LogP contribution >= 0.6 is 11.3 Å². The Bertz CT molecular complexity index is 1550. The van der Waals surface area contributed by atoms with Crippen molar-refractivity contribution in [2.24, 2.45) is 5.41 Å². The molecule has 0 bridgehead atoms. The quantitative estimate of drug-likeness (QED) is 0.146. The predicted octanol–water partition coefficient (Wildman–Crippen LogP) is 8.88. The number of pyridine rings is 1. The molecule has 0 radical (unpaired) electrons. The van der Waals surface area contributed by atoms with Gasteiger partial charge in [0.25, 0.3) is 0 Å². The fourth-order valence-electron chi connectivity index (χ4n) is 4.64. The highest BCUT2D eigenvalue weighted by Crippen LogP contribution is 2.34. The molecule has 202 valence electrons. The van der Waals surface area contributed by atoms with Crippen LogP contribution in [0.1, 0.15) is 54.6 Å². The summed E-state index contributed by atoms with van der Waals surface area (Å²) in [7, 11) is 0. The van der Waals surface area contributed by atoms with Crippen LogP contribution in [0.15, 0.2) is 79.8 Å². The lowest BCUT2D eigenvalue weighted by Gasteiger charge is -2.20. The first kappa shape index (κ1) is 28.0. The third-order valence-electron chi connectivity index (χ3n) is 6.21. The summed E-state index contributed by atoms with van der Waals surface area (Å²) in [6, 6.07) is 10.2. The molecule has 4 nitrogen and oxygen atoms in total. The molecule has 0 atom stereocenters. The second-order valence-electron chi connectivity index (χ2n) is 10.9. The monoisotopic (exact) mass is 544 g/mol. The van der Waals surface area contributed by atoms with Gasteiger partial charge in [-0.05, 0) is 60.7 Å². The van der Waals surface area contributed by atoms with Gasteiger partial charge in [-0.3, -0.25) is 4.98 Å². The number of nitrogens with one attached hydrogen (secondary N) is 2. The Morgan fingerprint density at radius 1 is 1.15 bits per heavy atom. The number of benzene rings is 1. The maximum atomic E-state index is 15.1. The summed E-state index contributed by atoms with van der Waals surface area (Å²) in [4.78, 5) is 8.55. The van der Waals surface area contributed by atoms with Crippen LogP contribution in [0, 0.1) is 23.3 Å². The minimum absolute atomic E-state index is 0.0886. The summed E-state index contributed by atoms with van der Waals surface area (Å²) in [6.07, 6.45) is 8.16. The van der Waals surface area contributed by atoms with Gasteiger partial charge in [-0.25, -0.2) is 4.39 Å². The van der Waals surface area contributed by atoms with Gasteiger partial charge in [-0.15, -0.1) is 11.3 Å². The summed E-state index contributed by atoms with van der Waals surface area (Å²) in [5, 5.41) is 3.05. The van der Waals surface area contributed by atoms with E-state index in [2.05, 4.69) is 49.2 Å². The van der Waals surface area contributed by atoms with Crippen LogP contribution in [-0.2, 0) is 6.42 Å². The van der Waals surface area contributed by atoms with Gasteiger partial charge in [0.05, 0.1) is 11.9 Å². The van der Waals surface area contributed by atoms with Gasteiger partial charge in [0.2, 0.25) is 0 Å². The summed E-state index contributed by atoms with van der Waals surface area (Å²) >= 11 is 1.09. The number of rotatable bonds is 9. The number of nitrogens with two attached hydrogens (primary N) is 1. The van der Waals surface area contributed by atoms with Crippen molar-refractivity contribution in [3.05, 3.63) is 118 Å². The van der Waals surface area contributed by atoms with Crippen molar-refractivity contribution in [1.82, 2.24) is 9.97 Å². The molecule has 0 amide bonds. The van der Waals surface area contributed by atoms with E-state index in [-0.39, 0.29) is 10.5 Å². The lowest BCUT2D eigenvalue weighted by Crippen LogP contribution is -2.10. The average molecular weight is 545 g/mol. The molecular formula is C32H34F2N4S. The van der Waals surface area contributed by atoms with Crippen LogP contribution in [0.25, 0.3) is 16.7 Å². The first-order valence-electron chi connectivity index (χ1n) is 12.7. The number of thiophene rings is 1. The zero-order chi connectivity index (χ0) is 28.3. The number of aromatic nitrogens is 2. The molecular weight excluding hydrogens is 510 g/mol. The maximum Gasteiger partial charge on any atom is 0.176 e. The number of allylic oxidation sites excluding steroid dienone is 3. The van der Waals surface area contributed by atoms with Crippen molar-refractivity contribution < 1.29 is 8.78 Å². The third kappa shape index (κ3) is 6.92. The van der Waals surface area contributed by atoms with E-state index in [1.807, 2.05) is 25.1 Å². The average Bonchev–Trinajstić information content (AvgIpc) is 3.43. The molecule has 4 rings (SSSR count). The Hall–Kier alpha value is -3.97. The molecule has 1 aromatic carbocycles. The lowest BCUT2D eigenvalue weighted by molar-refractivity contribution is 0.411. The van der Waals surface area contributed by atoms with E-state index in [0.717, 1.165) is 62.1 Å². The van der Waals surface area contributed by atoms with Crippen molar-refractivity contribution in [2.75, 3.05) is 11.1 Å². The smallest absolute Gasteiger partial charge is 0.176 e. The first-order valence-corrected chi connectivity index (χ1v) is 13.5. The Morgan fingerprint density at radius 2 is 1.92 bits per heavy atom. The molecule has 0 saturated heterocycles. The SMILES string of the molecule is C=C/C=C(/c1ccc(F)s1)c1cc(Cc2cc(-c3cncc(NC(=C)CC(C)(C)C)c3)c(F)cc2N)[nH]c1C. The molecule has 0 unspecified atom stereocenters. The maximum absolute atomic E-state index is 15.1. The fraction of sp³-hybridized carbons (Fsp3) is 0.219. The highest BCUT2D eigenvalue weighted by molar-refractivity contribution is 7.11. The van der Waals surface area contributed by atoms with Crippen molar-refractivity contribution in [2.45, 2.75) is 40.5 Å². The van der Waals surface area contributed by atoms with Gasteiger partial charge in [-0.2, -0.15) is 4.39 Å². The zero-order valence-electron chi connectivity index (χ0n) is 22.8. The van der Waals surface area contributed by atoms with Gasteiger partial charge in [0, 0.05) is 62.5 Å². The normalized spacial score (nSPS) is 12.0. The summed E-state index contributed by atoms with van der Waals surface area (Å²) in [5.74, 6) is -0.414. The number of anilines is 2. The number of halogens is 2. The number of aryl methyl sites for hydroxylation is 1. The number of aromatic amines is 1. The standard InChI is InChI=1S/C32H34F2N4S/c1-7-8-25(30-9-10-31(34)39-30)26-14-23(38-20(26)3)11-21-13-27(28(33)15-29(21)35)22-12-24(18-36-17-22)37-19(2)16-32(4,5)6/h7-10,12-15,17-18,37-38H,1-2,11,16,35H2,3-6H3/b25-8+. The van der Waals surface area contributed by atoms with E-state index < -0.39 is 5.82 Å². The molecule has 0 aliphatic rings. The van der Waals surface area contributed by atoms with E-state index >= 15 is 4.39 Å². The van der Waals surface area contributed by atoms with E-state index in [4.69, 9.17) is 5.73 Å². The Labute approximate surface area is 233 Å². The van der Waals surface area contributed by atoms with Gasteiger partial charge in [0.1, 0.15) is 5.82 Å². The summed E-state index contributed by atoms with van der Waals surface area (Å²) in [5.41, 5.74) is 13.9. The number of nitrogens with zero attached hydrogens (tertiary/aromatic N) is 1. The molecule has 7 heteroatoms. The van der Waals surface area contributed by atoms with Crippen LogP contribution in [0.5, 0.6) is 0 Å². The topological polar surface area (TPSA) is 66.7 Å². The predicted molar refractivity (Wildman–Crippen MR) is 161 cm³/mol. The van der Waals surface area contributed by atoms with E-state index in [1.54, 1.807) is 30.6 Å². The summed E-state index contributed by atoms with van der Waals surface area (Å²) in [6.45, 7) is 16.3. The van der Waals surface area contributed by atoms with Crippen molar-refractivity contribution in [3.63, 3.8) is 0 Å². The number of nitrogen functional groups attached to an aromatic ring is 1. The fourth-order valence-corrected chi connectivity index (χ4v) is 5.41. The van der Waals surface area contributed by atoms with E-state index in [0.29, 0.717) is 23.2 Å². The molecule has 0 saturated carbocycles. The van der Waals surface area contributed by atoms with Crippen molar-refractivity contribution in [1.29, 1.82) is 0 Å². The molecule has 3 aromatic heterocycles. The number of hydrogen-bond acceptors (Lipinski definition) is 4. The molecule has 3 heterocycles. The second kappa shape index (κ2) is 11.4. The van der Waals surface area contributed by atoms with E-state index in [1.165, 1.54) is 12.1 Å². The first-order chi connectivity index (χ1) is 18.4. The largest absolute Gasteiger partial charge is 0.398 e. The number of H-pyrrole nitrogens is 1. The van der Waals surface area contributed by atoms with Crippen LogP contribution in [0.2, 0.25) is 0 Å². The van der Waals surface area contributed by atoms with Gasteiger partial charge in [-0.1, -0.05) is 46.1 Å². The minimum atomic E-state index is -0.414. The molecule has 0 fully saturated rings. The number of hydrogen-bond donors (Lipinski definition) is 3. The van der Waals surface area contributed by atoms with Gasteiger partial charge in [0.15, 0.2) is 5.13 Å². The Kier molecular flexibility index (Phi) is 8.21.